The predicted octanol–water partition coefficient (Wildman–Crippen LogP) is 1.97. The number of carbonyl (C=O) groups excluding carboxylic acids is 1. The van der Waals surface area contributed by atoms with Gasteiger partial charge in [-0.1, -0.05) is 6.07 Å². The van der Waals surface area contributed by atoms with Crippen molar-refractivity contribution in [1.82, 2.24) is 15.1 Å². The van der Waals surface area contributed by atoms with E-state index >= 15 is 0 Å². The van der Waals surface area contributed by atoms with Crippen molar-refractivity contribution in [3.8, 4) is 5.75 Å². The highest BCUT2D eigenvalue weighted by Crippen LogP contribution is 2.24. The van der Waals surface area contributed by atoms with E-state index in [1.54, 1.807) is 17.7 Å². The van der Waals surface area contributed by atoms with Crippen molar-refractivity contribution in [2.24, 2.45) is 7.05 Å². The lowest BCUT2D eigenvalue weighted by atomic mass is 10.1. The minimum Gasteiger partial charge on any atom is -0.490 e. The molecule has 1 aliphatic rings. The summed E-state index contributed by atoms with van der Waals surface area (Å²) in [6, 6.07) is 4.40. The van der Waals surface area contributed by atoms with Crippen molar-refractivity contribution in [3.63, 3.8) is 0 Å². The molecule has 3 rings (SSSR count). The van der Waals surface area contributed by atoms with Gasteiger partial charge in [-0.15, -0.1) is 0 Å². The maximum Gasteiger partial charge on any atom is 0.255 e. The highest BCUT2D eigenvalue weighted by atomic mass is 19.1. The molecule has 1 saturated heterocycles. The number of ether oxygens (including phenoxy) is 1. The van der Waals surface area contributed by atoms with E-state index in [0.29, 0.717) is 13.2 Å². The molecule has 1 aromatic heterocycles. The third kappa shape index (κ3) is 3.34. The van der Waals surface area contributed by atoms with E-state index in [0.717, 1.165) is 18.7 Å². The van der Waals surface area contributed by atoms with Crippen LogP contribution in [0, 0.1) is 5.82 Å². The Morgan fingerprint density at radius 1 is 1.50 bits per heavy atom. The van der Waals surface area contributed by atoms with E-state index in [-0.39, 0.29) is 23.3 Å². The summed E-state index contributed by atoms with van der Waals surface area (Å²) >= 11 is 0. The van der Waals surface area contributed by atoms with Gasteiger partial charge in [0.2, 0.25) is 0 Å². The Balaban J connectivity index is 1.67. The van der Waals surface area contributed by atoms with E-state index in [9.17, 15) is 9.18 Å². The smallest absolute Gasteiger partial charge is 0.255 e. The molecule has 128 valence electrons. The van der Waals surface area contributed by atoms with Crippen molar-refractivity contribution < 1.29 is 13.9 Å². The second kappa shape index (κ2) is 6.90. The summed E-state index contributed by atoms with van der Waals surface area (Å²) in [7, 11) is 1.87. The van der Waals surface area contributed by atoms with Crippen LogP contribution in [0.15, 0.2) is 30.6 Å². The Labute approximate surface area is 140 Å². The first-order valence-electron chi connectivity index (χ1n) is 8.04. The molecular weight excluding hydrogens is 311 g/mol. The van der Waals surface area contributed by atoms with Crippen LogP contribution < -0.4 is 15.0 Å². The maximum absolute atomic E-state index is 13.9. The number of amides is 1. The van der Waals surface area contributed by atoms with Crippen LogP contribution in [-0.4, -0.2) is 41.4 Å². The number of nitrogens with one attached hydrogen (secondary N) is 1. The molecule has 24 heavy (non-hydrogen) atoms. The molecule has 0 radical (unpaired) electrons. The highest BCUT2D eigenvalue weighted by Gasteiger charge is 2.26. The third-order valence-electron chi connectivity index (χ3n) is 4.08. The second-order valence-corrected chi connectivity index (χ2v) is 5.83. The summed E-state index contributed by atoms with van der Waals surface area (Å²) in [4.78, 5) is 14.7. The molecule has 1 aliphatic heterocycles. The summed E-state index contributed by atoms with van der Waals surface area (Å²) in [5, 5.41) is 7.14. The zero-order chi connectivity index (χ0) is 17.1. The Hall–Kier alpha value is -2.57. The molecule has 1 amide bonds. The van der Waals surface area contributed by atoms with Gasteiger partial charge in [0, 0.05) is 32.4 Å². The minimum absolute atomic E-state index is 0.00968. The summed E-state index contributed by atoms with van der Waals surface area (Å²) in [6.07, 6.45) is 4.59. The predicted molar refractivity (Wildman–Crippen MR) is 88.9 cm³/mol. The fourth-order valence-electron chi connectivity index (χ4n) is 2.93. The normalized spacial score (nSPS) is 17.1. The van der Waals surface area contributed by atoms with Crippen LogP contribution in [0.4, 0.5) is 10.1 Å². The molecule has 1 fully saturated rings. The van der Waals surface area contributed by atoms with Gasteiger partial charge in [-0.25, -0.2) is 4.39 Å². The van der Waals surface area contributed by atoms with Crippen molar-refractivity contribution >= 4 is 11.6 Å². The molecule has 6 nitrogen and oxygen atoms in total. The molecule has 2 heterocycles. The molecule has 0 unspecified atom stereocenters. The number of carbonyl (C=O) groups is 1. The summed E-state index contributed by atoms with van der Waals surface area (Å²) < 4.78 is 20.9. The van der Waals surface area contributed by atoms with Crippen LogP contribution in [0.25, 0.3) is 0 Å². The fourth-order valence-corrected chi connectivity index (χ4v) is 2.93. The second-order valence-electron chi connectivity index (χ2n) is 5.83. The van der Waals surface area contributed by atoms with Crippen molar-refractivity contribution in [2.45, 2.75) is 19.4 Å². The van der Waals surface area contributed by atoms with Crippen LogP contribution in [0.5, 0.6) is 5.75 Å². The van der Waals surface area contributed by atoms with Gasteiger partial charge in [0.25, 0.3) is 5.91 Å². The van der Waals surface area contributed by atoms with Gasteiger partial charge in [0.05, 0.1) is 24.1 Å². The van der Waals surface area contributed by atoms with E-state index in [1.807, 2.05) is 19.4 Å². The molecule has 0 bridgehead atoms. The van der Waals surface area contributed by atoms with Gasteiger partial charge in [-0.3, -0.25) is 9.48 Å². The topological polar surface area (TPSA) is 59.4 Å². The monoisotopic (exact) mass is 332 g/mol. The lowest BCUT2D eigenvalue weighted by molar-refractivity contribution is 0.0935. The summed E-state index contributed by atoms with van der Waals surface area (Å²) in [6.45, 7) is 3.62. The Kier molecular flexibility index (Phi) is 4.69. The maximum atomic E-state index is 13.9. The highest BCUT2D eigenvalue weighted by molar-refractivity contribution is 5.97. The van der Waals surface area contributed by atoms with E-state index in [2.05, 4.69) is 15.3 Å². The molecular formula is C17H21FN4O2. The number of aromatic nitrogens is 2. The van der Waals surface area contributed by atoms with Gasteiger partial charge in [0.15, 0.2) is 11.6 Å². The molecule has 1 aromatic carbocycles. The Morgan fingerprint density at radius 3 is 3.04 bits per heavy atom. The van der Waals surface area contributed by atoms with Crippen molar-refractivity contribution in [1.29, 1.82) is 0 Å². The lowest BCUT2D eigenvalue weighted by Crippen LogP contribution is -2.37. The molecule has 0 saturated carbocycles. The number of para-hydroxylation sites is 1. The number of nitrogens with zero attached hydrogens (tertiary/aromatic N) is 3. The Morgan fingerprint density at radius 2 is 2.33 bits per heavy atom. The van der Waals surface area contributed by atoms with Crippen LogP contribution in [0.2, 0.25) is 0 Å². The number of anilines is 1. The number of hydrogen-bond donors (Lipinski definition) is 1. The average Bonchev–Trinajstić information content (AvgIpc) is 3.18. The quantitative estimate of drug-likeness (QED) is 0.909. The van der Waals surface area contributed by atoms with E-state index in [4.69, 9.17) is 4.74 Å². The number of rotatable bonds is 5. The first-order valence-corrected chi connectivity index (χ1v) is 8.04. The number of benzene rings is 1. The molecule has 7 heteroatoms. The molecule has 1 atom stereocenters. The molecule has 1 N–H and O–H groups in total. The number of hydrogen-bond acceptors (Lipinski definition) is 4. The lowest BCUT2D eigenvalue weighted by Gasteiger charge is -2.17. The average molecular weight is 332 g/mol. The fraction of sp³-hybridized carbons (Fsp3) is 0.412. The van der Waals surface area contributed by atoms with Crippen molar-refractivity contribution in [2.75, 3.05) is 24.6 Å². The van der Waals surface area contributed by atoms with Crippen LogP contribution >= 0.6 is 0 Å². The first-order chi connectivity index (χ1) is 11.6. The SMILES string of the molecule is CCOc1c(F)cccc1C(=O)N[C@H]1CCN(c2cnn(C)c2)C1. The van der Waals surface area contributed by atoms with E-state index in [1.165, 1.54) is 12.1 Å². The van der Waals surface area contributed by atoms with Gasteiger partial charge in [0.1, 0.15) is 0 Å². The molecule has 0 aliphatic carbocycles. The zero-order valence-corrected chi connectivity index (χ0v) is 13.8. The van der Waals surface area contributed by atoms with E-state index < -0.39 is 5.82 Å². The van der Waals surface area contributed by atoms with Crippen LogP contribution in [0.3, 0.4) is 0 Å². The van der Waals surface area contributed by atoms with Gasteiger partial charge >= 0.3 is 0 Å². The number of aryl methyl sites for hydroxylation is 1. The minimum atomic E-state index is -0.520. The van der Waals surface area contributed by atoms with Gasteiger partial charge in [-0.05, 0) is 25.5 Å². The Bertz CT molecular complexity index is 731. The largest absolute Gasteiger partial charge is 0.490 e. The van der Waals surface area contributed by atoms with Crippen molar-refractivity contribution in [3.05, 3.63) is 42.0 Å². The molecule has 0 spiro atoms. The molecule has 2 aromatic rings. The first kappa shape index (κ1) is 16.3. The number of halogens is 1. The summed E-state index contributed by atoms with van der Waals surface area (Å²) in [5.74, 6) is -0.816. The third-order valence-corrected chi connectivity index (χ3v) is 4.08. The van der Waals surface area contributed by atoms with Gasteiger partial charge in [-0.2, -0.15) is 5.10 Å². The standard InChI is InChI=1S/C17H21FN4O2/c1-3-24-16-14(5-4-6-15(16)18)17(23)20-12-7-8-22(10-12)13-9-19-21(2)11-13/h4-6,9,11-12H,3,7-8,10H2,1-2H3,(H,20,23)/t12-/m0/s1. The zero-order valence-electron chi connectivity index (χ0n) is 13.8. The van der Waals surface area contributed by atoms with Crippen LogP contribution in [-0.2, 0) is 7.05 Å². The van der Waals surface area contributed by atoms with Gasteiger partial charge < -0.3 is 15.0 Å². The van der Waals surface area contributed by atoms with Crippen LogP contribution in [0.1, 0.15) is 23.7 Å². The summed E-state index contributed by atoms with van der Waals surface area (Å²) in [5.41, 5.74) is 1.27.